The first kappa shape index (κ1) is 16.2. The molecule has 0 aliphatic carbocycles. The molecule has 1 unspecified atom stereocenters. The molecule has 2 N–H and O–H groups in total. The Morgan fingerprint density at radius 2 is 2.21 bits per heavy atom. The van der Waals surface area contributed by atoms with E-state index in [4.69, 9.17) is 16.9 Å². The van der Waals surface area contributed by atoms with Crippen LogP contribution in [0.1, 0.15) is 19.3 Å². The van der Waals surface area contributed by atoms with Crippen LogP contribution in [0.3, 0.4) is 0 Å². The molecule has 0 spiro atoms. The van der Waals surface area contributed by atoms with Crippen LogP contribution in [0.15, 0.2) is 0 Å². The van der Waals surface area contributed by atoms with Crippen LogP contribution >= 0.6 is 0 Å². The third-order valence-electron chi connectivity index (χ3n) is 3.43. The van der Waals surface area contributed by atoms with Crippen LogP contribution in [0.2, 0.25) is 25.7 Å². The van der Waals surface area contributed by atoms with Gasteiger partial charge in [-0.1, -0.05) is 19.6 Å². The monoisotopic (exact) mass is 282 g/mol. The van der Waals surface area contributed by atoms with Crippen molar-refractivity contribution in [3.8, 4) is 12.3 Å². The van der Waals surface area contributed by atoms with Crippen molar-refractivity contribution >= 4 is 14.0 Å². The van der Waals surface area contributed by atoms with Crippen LogP contribution in [0.25, 0.3) is 0 Å². The van der Waals surface area contributed by atoms with Crippen LogP contribution in [-0.4, -0.2) is 44.3 Å². The van der Waals surface area contributed by atoms with E-state index in [0.29, 0.717) is 26.2 Å². The average Bonchev–Trinajstić information content (AvgIpc) is 2.29. The Hall–Kier alpha value is -0.833. The minimum Gasteiger partial charge on any atom is -0.361 e. The number of rotatable bonds is 6. The van der Waals surface area contributed by atoms with E-state index in [1.165, 1.54) is 0 Å². The van der Waals surface area contributed by atoms with Crippen molar-refractivity contribution in [3.05, 3.63) is 0 Å². The average molecular weight is 282 g/mol. The third kappa shape index (κ3) is 4.98. The number of hydrogen-bond donors (Lipinski definition) is 1. The summed E-state index contributed by atoms with van der Waals surface area (Å²) in [4.78, 5) is 14.0. The highest BCUT2D eigenvalue weighted by molar-refractivity contribution is 6.76. The number of piperidine rings is 1. The quantitative estimate of drug-likeness (QED) is 0.458. The number of nitrogens with two attached hydrogens (primary N) is 1. The van der Waals surface area contributed by atoms with Gasteiger partial charge in [-0.05, 0) is 18.9 Å². The van der Waals surface area contributed by atoms with E-state index in [0.717, 1.165) is 19.0 Å². The van der Waals surface area contributed by atoms with E-state index in [2.05, 4.69) is 25.6 Å². The largest absolute Gasteiger partial charge is 0.361 e. The lowest BCUT2D eigenvalue weighted by Gasteiger charge is -2.38. The molecular formula is C14H26N2O2Si. The maximum Gasteiger partial charge on any atom is 0.245 e. The van der Waals surface area contributed by atoms with E-state index < -0.39 is 13.6 Å². The zero-order chi connectivity index (χ0) is 14.5. The number of carbonyl (C=O) groups is 1. The maximum absolute atomic E-state index is 12.3. The minimum absolute atomic E-state index is 0.0651. The smallest absolute Gasteiger partial charge is 0.245 e. The van der Waals surface area contributed by atoms with E-state index in [9.17, 15) is 4.79 Å². The molecule has 1 amide bonds. The molecule has 0 aromatic carbocycles. The Bertz CT molecular complexity index is 359. The van der Waals surface area contributed by atoms with Crippen molar-refractivity contribution < 1.29 is 9.53 Å². The number of hydrogen-bond acceptors (Lipinski definition) is 3. The van der Waals surface area contributed by atoms with Crippen molar-refractivity contribution in [1.82, 2.24) is 4.90 Å². The van der Waals surface area contributed by atoms with Gasteiger partial charge in [0.05, 0.1) is 0 Å². The van der Waals surface area contributed by atoms with Gasteiger partial charge in [-0.25, -0.2) is 0 Å². The Morgan fingerprint density at radius 1 is 1.53 bits per heavy atom. The van der Waals surface area contributed by atoms with Crippen molar-refractivity contribution in [2.24, 2.45) is 5.73 Å². The summed E-state index contributed by atoms with van der Waals surface area (Å²) >= 11 is 0. The molecule has 1 atom stereocenters. The molecule has 1 heterocycles. The molecule has 0 aromatic heterocycles. The first-order valence-electron chi connectivity index (χ1n) is 6.88. The molecule has 0 saturated carbocycles. The fourth-order valence-electron chi connectivity index (χ4n) is 2.13. The molecule has 0 bridgehead atoms. The van der Waals surface area contributed by atoms with Gasteiger partial charge < -0.3 is 15.4 Å². The van der Waals surface area contributed by atoms with Crippen LogP contribution in [0.4, 0.5) is 0 Å². The first-order valence-corrected chi connectivity index (χ1v) is 10.6. The molecule has 1 fully saturated rings. The normalized spacial score (nSPS) is 24.4. The van der Waals surface area contributed by atoms with E-state index in [-0.39, 0.29) is 5.91 Å². The summed E-state index contributed by atoms with van der Waals surface area (Å²) < 4.78 is 5.62. The Morgan fingerprint density at radius 3 is 2.79 bits per heavy atom. The second kappa shape index (κ2) is 6.55. The van der Waals surface area contributed by atoms with Gasteiger partial charge in [0.1, 0.15) is 12.3 Å². The van der Waals surface area contributed by atoms with Gasteiger partial charge in [-0.3, -0.25) is 4.79 Å². The molecule has 19 heavy (non-hydrogen) atoms. The van der Waals surface area contributed by atoms with Gasteiger partial charge in [-0.15, -0.1) is 12.3 Å². The minimum atomic E-state index is -1.08. The number of nitrogens with zero attached hydrogens (tertiary/aromatic N) is 1. The van der Waals surface area contributed by atoms with Crippen molar-refractivity contribution in [2.75, 3.05) is 19.9 Å². The van der Waals surface area contributed by atoms with Gasteiger partial charge >= 0.3 is 0 Å². The van der Waals surface area contributed by atoms with Crippen molar-refractivity contribution in [2.45, 2.75) is 50.5 Å². The lowest BCUT2D eigenvalue weighted by molar-refractivity contribution is -0.146. The molecule has 108 valence electrons. The summed E-state index contributed by atoms with van der Waals surface area (Å²) in [6.07, 6.45) is 7.16. The molecule has 0 aromatic rings. The summed E-state index contributed by atoms with van der Waals surface area (Å²) in [6.45, 7) is 8.69. The van der Waals surface area contributed by atoms with Gasteiger partial charge in [-0.2, -0.15) is 0 Å². The van der Waals surface area contributed by atoms with Gasteiger partial charge in [0.2, 0.25) is 5.91 Å². The standard InChI is InChI=1S/C14H26N2O2Si/c1-5-7-14(15)8-6-9-16(13(14)17)12-18-10-11-19(2,3)4/h1H,6-12,15H2,2-4H3. The number of amides is 1. The maximum atomic E-state index is 12.3. The highest BCUT2D eigenvalue weighted by Crippen LogP contribution is 2.23. The summed E-state index contributed by atoms with van der Waals surface area (Å²) in [6, 6.07) is 1.10. The zero-order valence-corrected chi connectivity index (χ0v) is 13.4. The second-order valence-electron chi connectivity index (χ2n) is 6.56. The number of likely N-dealkylation sites (tertiary alicyclic amines) is 1. The predicted molar refractivity (Wildman–Crippen MR) is 80.3 cm³/mol. The second-order valence-corrected chi connectivity index (χ2v) is 12.2. The first-order chi connectivity index (χ1) is 8.78. The zero-order valence-electron chi connectivity index (χ0n) is 12.4. The molecule has 4 nitrogen and oxygen atoms in total. The molecule has 1 saturated heterocycles. The number of carbonyl (C=O) groups excluding carboxylic acids is 1. The molecule has 0 radical (unpaired) electrons. The van der Waals surface area contributed by atoms with Crippen molar-refractivity contribution in [3.63, 3.8) is 0 Å². The van der Waals surface area contributed by atoms with Gasteiger partial charge in [0, 0.05) is 27.6 Å². The van der Waals surface area contributed by atoms with E-state index in [1.54, 1.807) is 4.90 Å². The van der Waals surface area contributed by atoms with Gasteiger partial charge in [0.25, 0.3) is 0 Å². The molecule has 1 aliphatic rings. The Kier molecular flexibility index (Phi) is 5.59. The summed E-state index contributed by atoms with van der Waals surface area (Å²) in [5, 5.41) is 0. The molecule has 1 aliphatic heterocycles. The topological polar surface area (TPSA) is 55.6 Å². The third-order valence-corrected chi connectivity index (χ3v) is 5.13. The predicted octanol–water partition coefficient (Wildman–Crippen LogP) is 1.64. The van der Waals surface area contributed by atoms with Crippen molar-refractivity contribution in [1.29, 1.82) is 0 Å². The summed E-state index contributed by atoms with van der Waals surface area (Å²) in [5.74, 6) is 2.44. The van der Waals surface area contributed by atoms with Gasteiger partial charge in [0.15, 0.2) is 0 Å². The Labute approximate surface area is 117 Å². The van der Waals surface area contributed by atoms with E-state index in [1.807, 2.05) is 0 Å². The highest BCUT2D eigenvalue weighted by atomic mass is 28.3. The fraction of sp³-hybridized carbons (Fsp3) is 0.786. The number of terminal acetylenes is 1. The fourth-order valence-corrected chi connectivity index (χ4v) is 2.89. The molecular weight excluding hydrogens is 256 g/mol. The lowest BCUT2D eigenvalue weighted by atomic mass is 9.86. The van der Waals surface area contributed by atoms with Crippen LogP contribution in [0, 0.1) is 12.3 Å². The molecule has 5 heteroatoms. The van der Waals surface area contributed by atoms with E-state index >= 15 is 0 Å². The summed E-state index contributed by atoms with van der Waals surface area (Å²) in [7, 11) is -1.08. The molecule has 1 rings (SSSR count). The lowest BCUT2D eigenvalue weighted by Crippen LogP contribution is -2.59. The SMILES string of the molecule is C#CCC1(N)CCCN(COCC[Si](C)(C)C)C1=O. The van der Waals surface area contributed by atoms with Crippen LogP contribution in [-0.2, 0) is 9.53 Å². The number of ether oxygens (including phenoxy) is 1. The Balaban J connectivity index is 2.42. The van der Waals surface area contributed by atoms with Crippen LogP contribution in [0.5, 0.6) is 0 Å². The summed E-state index contributed by atoms with van der Waals surface area (Å²) in [5.41, 5.74) is 5.21. The van der Waals surface area contributed by atoms with Crippen LogP contribution < -0.4 is 5.73 Å². The highest BCUT2D eigenvalue weighted by Gasteiger charge is 2.39.